The van der Waals surface area contributed by atoms with Crippen molar-refractivity contribution >= 4 is 8.25 Å². The Kier molecular flexibility index (Phi) is 11.7. The van der Waals surface area contributed by atoms with E-state index in [4.69, 9.17) is 9.05 Å². The SMILES string of the molecule is CCC(CC)(O[P+](=O)OC(CC)(CC)N(C(C)O)C(C)O)N(C(C)O)C(C)O. The van der Waals surface area contributed by atoms with Crippen molar-refractivity contribution in [1.29, 1.82) is 0 Å². The summed E-state index contributed by atoms with van der Waals surface area (Å²) in [6.45, 7) is 13.2. The number of aliphatic hydroxyl groups is 4. The van der Waals surface area contributed by atoms with Crippen molar-refractivity contribution < 1.29 is 34.0 Å². The number of nitrogens with zero attached hydrogens (tertiary/aromatic N) is 2. The van der Waals surface area contributed by atoms with Crippen LogP contribution in [0.4, 0.5) is 0 Å². The average Bonchev–Trinajstić information content (AvgIpc) is 2.58. The second-order valence-electron chi connectivity index (χ2n) is 7.05. The van der Waals surface area contributed by atoms with Crippen LogP contribution in [-0.4, -0.2) is 66.6 Å². The molecule has 0 fully saturated rings. The highest BCUT2D eigenvalue weighted by Crippen LogP contribution is 2.45. The Bertz CT molecular complexity index is 411. The van der Waals surface area contributed by atoms with Crippen LogP contribution in [0.3, 0.4) is 0 Å². The van der Waals surface area contributed by atoms with E-state index >= 15 is 0 Å². The van der Waals surface area contributed by atoms with Gasteiger partial charge < -0.3 is 20.4 Å². The molecule has 0 aliphatic carbocycles. The molecule has 28 heavy (non-hydrogen) atoms. The maximum Gasteiger partial charge on any atom is 0.701 e. The molecule has 0 aromatic rings. The van der Waals surface area contributed by atoms with Gasteiger partial charge in [-0.25, -0.2) is 9.80 Å². The minimum Gasteiger partial charge on any atom is -0.379 e. The van der Waals surface area contributed by atoms with Crippen LogP contribution in [-0.2, 0) is 13.6 Å². The van der Waals surface area contributed by atoms with Crippen LogP contribution in [0.2, 0.25) is 0 Å². The first-order chi connectivity index (χ1) is 12.9. The number of hydrogen-bond acceptors (Lipinski definition) is 9. The van der Waals surface area contributed by atoms with Gasteiger partial charge >= 0.3 is 8.25 Å². The van der Waals surface area contributed by atoms with Crippen molar-refractivity contribution in [2.24, 2.45) is 0 Å². The van der Waals surface area contributed by atoms with Gasteiger partial charge in [-0.15, -0.1) is 0 Å². The zero-order valence-electron chi connectivity index (χ0n) is 18.5. The standard InChI is InChI=1S/C18H40N2O7P/c1-9-17(10-2,19(13(5)21)14(6)22)26-28(25)27-18(11-3,12-4)20(15(7)23)16(8)24/h13-16,21-24H,9-12H2,1-8H3/q+1. The van der Waals surface area contributed by atoms with Crippen LogP contribution < -0.4 is 0 Å². The highest BCUT2D eigenvalue weighted by Gasteiger charge is 2.53. The van der Waals surface area contributed by atoms with Gasteiger partial charge in [0, 0.05) is 4.57 Å². The fraction of sp³-hybridized carbons (Fsp3) is 1.00. The Labute approximate surface area is 170 Å². The Morgan fingerprint density at radius 1 is 0.679 bits per heavy atom. The number of aliphatic hydroxyl groups excluding tert-OH is 4. The molecular formula is C18H40N2O7P+. The van der Waals surface area contributed by atoms with E-state index in [1.807, 2.05) is 0 Å². The Morgan fingerprint density at radius 2 is 0.893 bits per heavy atom. The van der Waals surface area contributed by atoms with Gasteiger partial charge in [0.05, 0.1) is 0 Å². The van der Waals surface area contributed by atoms with Gasteiger partial charge in [0.15, 0.2) is 11.4 Å². The van der Waals surface area contributed by atoms with Crippen molar-refractivity contribution in [3.05, 3.63) is 0 Å². The summed E-state index contributed by atoms with van der Waals surface area (Å²) < 4.78 is 24.5. The molecule has 0 bridgehead atoms. The molecule has 0 saturated carbocycles. The maximum atomic E-state index is 12.9. The maximum absolute atomic E-state index is 12.9. The summed E-state index contributed by atoms with van der Waals surface area (Å²) in [5.74, 6) is 0. The summed E-state index contributed by atoms with van der Waals surface area (Å²) in [4.78, 5) is 2.68. The monoisotopic (exact) mass is 427 g/mol. The zero-order chi connectivity index (χ0) is 22.3. The first kappa shape index (κ1) is 27.8. The molecular weight excluding hydrogens is 387 g/mol. The Balaban J connectivity index is 5.86. The van der Waals surface area contributed by atoms with Crippen LogP contribution in [0.15, 0.2) is 0 Å². The Morgan fingerprint density at radius 3 is 1.04 bits per heavy atom. The average molecular weight is 427 g/mol. The summed E-state index contributed by atoms with van der Waals surface area (Å²) in [5.41, 5.74) is -2.44. The normalized spacial score (nSPS) is 18.3. The van der Waals surface area contributed by atoms with Crippen LogP contribution in [0, 0.1) is 0 Å². The molecule has 9 nitrogen and oxygen atoms in total. The summed E-state index contributed by atoms with van der Waals surface area (Å²) in [7, 11) is -2.72. The predicted molar refractivity (Wildman–Crippen MR) is 107 cm³/mol. The fourth-order valence-corrected chi connectivity index (χ4v) is 5.16. The summed E-state index contributed by atoms with van der Waals surface area (Å²) in [5, 5.41) is 40.5. The van der Waals surface area contributed by atoms with E-state index in [-0.39, 0.29) is 0 Å². The molecule has 0 heterocycles. The van der Waals surface area contributed by atoms with E-state index in [1.54, 1.807) is 27.7 Å². The summed E-state index contributed by atoms with van der Waals surface area (Å²) in [6.07, 6.45) is -2.82. The summed E-state index contributed by atoms with van der Waals surface area (Å²) >= 11 is 0. The lowest BCUT2D eigenvalue weighted by Crippen LogP contribution is -2.58. The molecule has 10 heteroatoms. The van der Waals surface area contributed by atoms with Crippen LogP contribution in [0.25, 0.3) is 0 Å². The molecule has 0 amide bonds. The van der Waals surface area contributed by atoms with E-state index in [0.29, 0.717) is 25.7 Å². The number of rotatable bonds is 14. The fourth-order valence-electron chi connectivity index (χ4n) is 3.87. The van der Waals surface area contributed by atoms with Gasteiger partial charge in [-0.1, -0.05) is 36.7 Å². The van der Waals surface area contributed by atoms with Gasteiger partial charge in [-0.2, -0.15) is 0 Å². The van der Waals surface area contributed by atoms with E-state index < -0.39 is 44.6 Å². The third-order valence-electron chi connectivity index (χ3n) is 5.25. The number of hydrogen-bond donors (Lipinski definition) is 4. The molecule has 168 valence electrons. The quantitative estimate of drug-likeness (QED) is 0.245. The molecule has 4 N–H and O–H groups in total. The van der Waals surface area contributed by atoms with E-state index in [9.17, 15) is 25.0 Å². The van der Waals surface area contributed by atoms with Gasteiger partial charge in [-0.05, 0) is 53.4 Å². The lowest BCUT2D eigenvalue weighted by molar-refractivity contribution is -0.235. The van der Waals surface area contributed by atoms with Crippen molar-refractivity contribution in [2.75, 3.05) is 0 Å². The topological polar surface area (TPSA) is 123 Å². The Hall–Kier alpha value is -0.220. The van der Waals surface area contributed by atoms with Crippen molar-refractivity contribution in [3.63, 3.8) is 0 Å². The predicted octanol–water partition coefficient (Wildman–Crippen LogP) is 2.67. The smallest absolute Gasteiger partial charge is 0.379 e. The van der Waals surface area contributed by atoms with E-state index in [1.165, 1.54) is 37.5 Å². The van der Waals surface area contributed by atoms with Gasteiger partial charge in [0.1, 0.15) is 24.9 Å². The third-order valence-corrected chi connectivity index (χ3v) is 6.23. The van der Waals surface area contributed by atoms with Crippen molar-refractivity contribution in [1.82, 2.24) is 9.80 Å². The second kappa shape index (κ2) is 11.8. The lowest BCUT2D eigenvalue weighted by atomic mass is 10.0. The molecule has 0 aliphatic heterocycles. The van der Waals surface area contributed by atoms with E-state index in [2.05, 4.69) is 0 Å². The molecule has 0 rings (SSSR count). The molecule has 0 radical (unpaired) electrons. The van der Waals surface area contributed by atoms with Crippen molar-refractivity contribution in [2.45, 2.75) is 117 Å². The molecule has 0 aromatic carbocycles. The second-order valence-corrected chi connectivity index (χ2v) is 7.87. The largest absolute Gasteiger partial charge is 0.701 e. The molecule has 0 spiro atoms. The zero-order valence-corrected chi connectivity index (χ0v) is 19.4. The van der Waals surface area contributed by atoms with Crippen LogP contribution >= 0.6 is 8.25 Å². The third kappa shape index (κ3) is 6.39. The minimum atomic E-state index is -2.72. The van der Waals surface area contributed by atoms with Gasteiger partial charge in [0.25, 0.3) is 0 Å². The van der Waals surface area contributed by atoms with Crippen LogP contribution in [0.1, 0.15) is 81.1 Å². The molecule has 4 atom stereocenters. The summed E-state index contributed by atoms with van der Waals surface area (Å²) in [6, 6.07) is 0. The molecule has 4 unspecified atom stereocenters. The van der Waals surface area contributed by atoms with Gasteiger partial charge in [0.2, 0.25) is 0 Å². The highest BCUT2D eigenvalue weighted by atomic mass is 31.1. The minimum absolute atomic E-state index is 0.339. The van der Waals surface area contributed by atoms with Crippen molar-refractivity contribution in [3.8, 4) is 0 Å². The highest BCUT2D eigenvalue weighted by molar-refractivity contribution is 7.33. The van der Waals surface area contributed by atoms with Gasteiger partial charge in [-0.3, -0.25) is 0 Å². The molecule has 0 saturated heterocycles. The first-order valence-corrected chi connectivity index (χ1v) is 11.1. The van der Waals surface area contributed by atoms with Crippen LogP contribution in [0.5, 0.6) is 0 Å². The first-order valence-electron chi connectivity index (χ1n) is 10.0. The molecule has 0 aliphatic rings. The van der Waals surface area contributed by atoms with E-state index in [0.717, 1.165) is 0 Å². The molecule has 0 aromatic heterocycles. The lowest BCUT2D eigenvalue weighted by Gasteiger charge is -2.43.